The number of nitrogens with zero attached hydrogens (tertiary/aromatic N) is 3. The van der Waals surface area contributed by atoms with Gasteiger partial charge in [-0.2, -0.15) is 0 Å². The Morgan fingerprint density at radius 1 is 1.14 bits per heavy atom. The molecule has 1 aromatic carbocycles. The van der Waals surface area contributed by atoms with Crippen LogP contribution in [-0.2, 0) is 9.16 Å². The standard InChI is InChI=1S/C27H38Cl3N3O3Si/c1-11-12-18(16-35-37(9,10)27(6,7)8)22-23(30)31-17(2)32-24(22)33(25(34)36-26(3,4)5)21-14-13-19(28)15-20(21)29/h11,13-15,18H,1,12,16H2,2-10H3. The van der Waals surface area contributed by atoms with Crippen molar-refractivity contribution >= 4 is 60.7 Å². The number of halogens is 3. The van der Waals surface area contributed by atoms with Gasteiger partial charge in [0.25, 0.3) is 0 Å². The third kappa shape index (κ3) is 8.17. The van der Waals surface area contributed by atoms with Crippen molar-refractivity contribution in [3.63, 3.8) is 0 Å². The fourth-order valence-corrected chi connectivity index (χ4v) is 5.22. The van der Waals surface area contributed by atoms with E-state index in [-0.39, 0.29) is 26.9 Å². The Labute approximate surface area is 237 Å². The van der Waals surface area contributed by atoms with Gasteiger partial charge in [0.1, 0.15) is 16.6 Å². The van der Waals surface area contributed by atoms with Gasteiger partial charge >= 0.3 is 6.09 Å². The minimum Gasteiger partial charge on any atom is -0.443 e. The Balaban J connectivity index is 2.77. The van der Waals surface area contributed by atoms with Crippen molar-refractivity contribution < 1.29 is 14.0 Å². The molecule has 1 heterocycles. The first-order chi connectivity index (χ1) is 16.9. The zero-order valence-corrected chi connectivity index (χ0v) is 26.5. The molecule has 1 aromatic heterocycles. The normalized spacial score (nSPS) is 13.3. The maximum absolute atomic E-state index is 13.7. The molecule has 0 radical (unpaired) electrons. The highest BCUT2D eigenvalue weighted by Gasteiger charge is 2.39. The number of hydrogen-bond donors (Lipinski definition) is 0. The first-order valence-corrected chi connectivity index (χ1v) is 16.2. The second-order valence-corrected chi connectivity index (χ2v) is 17.5. The number of aromatic nitrogens is 2. The summed E-state index contributed by atoms with van der Waals surface area (Å²) in [6.07, 6.45) is 1.67. The summed E-state index contributed by atoms with van der Waals surface area (Å²) in [5.74, 6) is 0.400. The molecule has 0 saturated heterocycles. The number of rotatable bonds is 8. The molecule has 0 saturated carbocycles. The average molecular weight is 587 g/mol. The Morgan fingerprint density at radius 3 is 2.27 bits per heavy atom. The molecular formula is C27H38Cl3N3O3Si. The van der Waals surface area contributed by atoms with Crippen molar-refractivity contribution in [2.45, 2.75) is 84.5 Å². The van der Waals surface area contributed by atoms with Crippen molar-refractivity contribution in [2.24, 2.45) is 0 Å². The van der Waals surface area contributed by atoms with Gasteiger partial charge < -0.3 is 9.16 Å². The molecule has 0 N–H and O–H groups in total. The molecule has 0 aliphatic heterocycles. The van der Waals surface area contributed by atoms with Crippen LogP contribution in [0, 0.1) is 6.92 Å². The molecule has 204 valence electrons. The number of carbonyl (C=O) groups excluding carboxylic acids is 1. The molecule has 0 aliphatic carbocycles. The zero-order chi connectivity index (χ0) is 28.3. The Hall–Kier alpha value is -1.64. The second-order valence-electron chi connectivity index (χ2n) is 11.5. The molecular weight excluding hydrogens is 549 g/mol. The van der Waals surface area contributed by atoms with Gasteiger partial charge in [-0.05, 0) is 70.4 Å². The van der Waals surface area contributed by atoms with Gasteiger partial charge in [-0.1, -0.05) is 61.7 Å². The number of benzene rings is 1. The molecule has 2 rings (SSSR count). The van der Waals surface area contributed by atoms with Gasteiger partial charge in [0.15, 0.2) is 14.1 Å². The summed E-state index contributed by atoms with van der Waals surface area (Å²) in [5, 5.41) is 0.935. The van der Waals surface area contributed by atoms with Gasteiger partial charge in [0.05, 0.1) is 10.7 Å². The van der Waals surface area contributed by atoms with Crippen LogP contribution < -0.4 is 4.90 Å². The van der Waals surface area contributed by atoms with E-state index < -0.39 is 20.0 Å². The number of hydrogen-bond acceptors (Lipinski definition) is 5. The lowest BCUT2D eigenvalue weighted by molar-refractivity contribution is 0.0597. The largest absolute Gasteiger partial charge is 0.443 e. The van der Waals surface area contributed by atoms with Crippen LogP contribution in [0.15, 0.2) is 30.9 Å². The number of amides is 1. The Bertz CT molecular complexity index is 1140. The molecule has 2 aromatic rings. The molecule has 1 unspecified atom stereocenters. The van der Waals surface area contributed by atoms with E-state index >= 15 is 0 Å². The van der Waals surface area contributed by atoms with Crippen molar-refractivity contribution in [1.82, 2.24) is 9.97 Å². The molecule has 0 bridgehead atoms. The lowest BCUT2D eigenvalue weighted by Crippen LogP contribution is -2.42. The molecule has 37 heavy (non-hydrogen) atoms. The summed E-state index contributed by atoms with van der Waals surface area (Å²) in [4.78, 5) is 24.1. The van der Waals surface area contributed by atoms with Crippen molar-refractivity contribution in [2.75, 3.05) is 11.5 Å². The van der Waals surface area contributed by atoms with Crippen molar-refractivity contribution in [3.05, 3.63) is 57.4 Å². The van der Waals surface area contributed by atoms with E-state index in [1.54, 1.807) is 52.0 Å². The first-order valence-electron chi connectivity index (χ1n) is 12.1. The number of allylic oxidation sites excluding steroid dienone is 1. The highest BCUT2D eigenvalue weighted by Crippen LogP contribution is 2.42. The van der Waals surface area contributed by atoms with Crippen molar-refractivity contribution in [1.29, 1.82) is 0 Å². The minimum absolute atomic E-state index is 0.0154. The SMILES string of the molecule is C=CCC(CO[Si](C)(C)C(C)(C)C)c1c(Cl)nc(C)nc1N(C(=O)OC(C)(C)C)c1ccc(Cl)cc1Cl. The molecule has 0 aliphatic rings. The number of anilines is 2. The average Bonchev–Trinajstić information content (AvgIpc) is 2.71. The number of ether oxygens (including phenoxy) is 1. The smallest absolute Gasteiger partial charge is 0.420 e. The van der Waals surface area contributed by atoms with Crippen LogP contribution in [0.5, 0.6) is 0 Å². The maximum atomic E-state index is 13.7. The van der Waals surface area contributed by atoms with Gasteiger partial charge in [-0.25, -0.2) is 19.7 Å². The monoisotopic (exact) mass is 585 g/mol. The van der Waals surface area contributed by atoms with E-state index in [1.807, 2.05) is 0 Å². The molecule has 0 spiro atoms. The van der Waals surface area contributed by atoms with Gasteiger partial charge in [0.2, 0.25) is 0 Å². The summed E-state index contributed by atoms with van der Waals surface area (Å²) in [6.45, 7) is 22.3. The minimum atomic E-state index is -2.09. The van der Waals surface area contributed by atoms with E-state index in [1.165, 1.54) is 4.90 Å². The van der Waals surface area contributed by atoms with Crippen LogP contribution in [-0.4, -0.2) is 36.6 Å². The summed E-state index contributed by atoms with van der Waals surface area (Å²) >= 11 is 19.5. The van der Waals surface area contributed by atoms with E-state index in [2.05, 4.69) is 50.4 Å². The zero-order valence-electron chi connectivity index (χ0n) is 23.2. The van der Waals surface area contributed by atoms with Crippen LogP contribution >= 0.6 is 34.8 Å². The van der Waals surface area contributed by atoms with E-state index in [4.69, 9.17) is 44.0 Å². The van der Waals surface area contributed by atoms with Crippen molar-refractivity contribution in [3.8, 4) is 0 Å². The lowest BCUT2D eigenvalue weighted by atomic mass is 9.97. The summed E-state index contributed by atoms with van der Waals surface area (Å²) in [6, 6.07) is 4.86. The molecule has 6 nitrogen and oxygen atoms in total. The van der Waals surface area contributed by atoms with Crippen LogP contribution in [0.1, 0.15) is 65.3 Å². The summed E-state index contributed by atoms with van der Waals surface area (Å²) < 4.78 is 12.3. The predicted octanol–water partition coefficient (Wildman–Crippen LogP) is 9.50. The number of carbonyl (C=O) groups is 1. The number of aryl methyl sites for hydroxylation is 1. The van der Waals surface area contributed by atoms with Crippen LogP contribution in [0.25, 0.3) is 0 Å². The quantitative estimate of drug-likeness (QED) is 0.175. The highest BCUT2D eigenvalue weighted by molar-refractivity contribution is 6.74. The lowest BCUT2D eigenvalue weighted by Gasteiger charge is -2.37. The summed E-state index contributed by atoms with van der Waals surface area (Å²) in [7, 11) is -2.09. The van der Waals surface area contributed by atoms with E-state index in [9.17, 15) is 4.79 Å². The van der Waals surface area contributed by atoms with Crippen LogP contribution in [0.2, 0.25) is 33.3 Å². The highest BCUT2D eigenvalue weighted by atomic mass is 35.5. The van der Waals surface area contributed by atoms with Crippen LogP contribution in [0.4, 0.5) is 16.3 Å². The maximum Gasteiger partial charge on any atom is 0.420 e. The molecule has 10 heteroatoms. The van der Waals surface area contributed by atoms with Crippen LogP contribution in [0.3, 0.4) is 0 Å². The van der Waals surface area contributed by atoms with Gasteiger partial charge in [-0.3, -0.25) is 0 Å². The summed E-state index contributed by atoms with van der Waals surface area (Å²) in [5.41, 5.74) is 0.146. The van der Waals surface area contributed by atoms with Gasteiger partial charge in [0, 0.05) is 23.1 Å². The first kappa shape index (κ1) is 31.6. The predicted molar refractivity (Wildman–Crippen MR) is 157 cm³/mol. The van der Waals surface area contributed by atoms with E-state index in [0.717, 1.165) is 0 Å². The molecule has 1 atom stereocenters. The Morgan fingerprint density at radius 2 is 1.76 bits per heavy atom. The van der Waals surface area contributed by atoms with Gasteiger partial charge in [-0.15, -0.1) is 6.58 Å². The third-order valence-corrected chi connectivity index (χ3v) is 11.6. The fourth-order valence-electron chi connectivity index (χ4n) is 3.32. The molecule has 1 amide bonds. The topological polar surface area (TPSA) is 64.6 Å². The Kier molecular flexibility index (Phi) is 10.3. The molecule has 0 fully saturated rings. The fraction of sp³-hybridized carbons (Fsp3) is 0.519. The third-order valence-electron chi connectivity index (χ3n) is 6.24. The second kappa shape index (κ2) is 12.0. The van der Waals surface area contributed by atoms with E-state index in [0.29, 0.717) is 35.1 Å².